The Hall–Kier alpha value is -2.61. The van der Waals surface area contributed by atoms with Crippen molar-refractivity contribution in [2.24, 2.45) is 5.73 Å². The molecule has 0 radical (unpaired) electrons. The molecule has 0 aromatic heterocycles. The Bertz CT molecular complexity index is 806. The van der Waals surface area contributed by atoms with Crippen LogP contribution in [0.3, 0.4) is 0 Å². The molecule has 21 heavy (non-hydrogen) atoms. The summed E-state index contributed by atoms with van der Waals surface area (Å²) in [4.78, 5) is 9.82. The first-order chi connectivity index (χ1) is 10.0. The quantitative estimate of drug-likeness (QED) is 0.521. The second-order valence-corrected chi connectivity index (χ2v) is 5.10. The third-order valence-electron chi connectivity index (χ3n) is 3.40. The summed E-state index contributed by atoms with van der Waals surface area (Å²) >= 11 is 0. The van der Waals surface area contributed by atoms with Crippen molar-refractivity contribution in [2.75, 3.05) is 0 Å². The lowest BCUT2D eigenvalue weighted by atomic mass is 9.98. The maximum absolute atomic E-state index is 9.82. The Kier molecular flexibility index (Phi) is 4.39. The van der Waals surface area contributed by atoms with E-state index >= 15 is 0 Å². The van der Waals surface area contributed by atoms with Crippen LogP contribution in [0.15, 0.2) is 66.7 Å². The summed E-state index contributed by atoms with van der Waals surface area (Å²) in [5.41, 5.74) is 6.45. The highest BCUT2D eigenvalue weighted by Gasteiger charge is 2.01. The van der Waals surface area contributed by atoms with Crippen molar-refractivity contribution in [3.8, 4) is 0 Å². The van der Waals surface area contributed by atoms with Gasteiger partial charge in [0.15, 0.2) is 0 Å². The molecule has 1 amide bonds. The number of aryl methyl sites for hydroxylation is 1. The first-order valence-electron chi connectivity index (χ1n) is 6.83. The van der Waals surface area contributed by atoms with Gasteiger partial charge in [-0.05, 0) is 41.0 Å². The van der Waals surface area contributed by atoms with Gasteiger partial charge in [-0.3, -0.25) is 4.79 Å². The fraction of sp³-hybridized carbons (Fsp3) is 0.105. The van der Waals surface area contributed by atoms with Crippen LogP contribution in [0.25, 0.3) is 21.5 Å². The van der Waals surface area contributed by atoms with Crippen LogP contribution in [0.1, 0.15) is 12.5 Å². The van der Waals surface area contributed by atoms with E-state index in [0.717, 1.165) is 0 Å². The molecule has 2 N–H and O–H groups in total. The second-order valence-electron chi connectivity index (χ2n) is 5.10. The molecule has 0 aliphatic rings. The number of hydrogen-bond acceptors (Lipinski definition) is 1. The fourth-order valence-corrected chi connectivity index (χ4v) is 2.24. The van der Waals surface area contributed by atoms with Crippen LogP contribution in [-0.2, 0) is 4.79 Å². The highest BCUT2D eigenvalue weighted by atomic mass is 16.1. The van der Waals surface area contributed by atoms with Gasteiger partial charge < -0.3 is 5.73 Å². The predicted octanol–water partition coefficient (Wildman–Crippen LogP) is 4.35. The molecule has 0 aliphatic carbocycles. The molecule has 0 fully saturated rings. The van der Waals surface area contributed by atoms with Gasteiger partial charge in [0.05, 0.1) is 0 Å². The van der Waals surface area contributed by atoms with Crippen LogP contribution in [0, 0.1) is 6.92 Å². The van der Waals surface area contributed by atoms with Gasteiger partial charge in [0, 0.05) is 5.57 Å². The van der Waals surface area contributed by atoms with Crippen molar-refractivity contribution in [1.29, 1.82) is 0 Å². The second kappa shape index (κ2) is 6.23. The number of primary amides is 1. The molecule has 0 saturated carbocycles. The van der Waals surface area contributed by atoms with E-state index in [1.807, 2.05) is 0 Å². The van der Waals surface area contributed by atoms with Gasteiger partial charge in [0.2, 0.25) is 5.91 Å². The molecule has 0 saturated heterocycles. The van der Waals surface area contributed by atoms with Crippen molar-refractivity contribution in [2.45, 2.75) is 13.8 Å². The van der Waals surface area contributed by atoms with Gasteiger partial charge in [-0.15, -0.1) is 0 Å². The third kappa shape index (κ3) is 3.29. The predicted molar refractivity (Wildman–Crippen MR) is 90.2 cm³/mol. The smallest absolute Gasteiger partial charge is 0.243 e. The zero-order chi connectivity index (χ0) is 15.4. The fourth-order valence-electron chi connectivity index (χ4n) is 2.24. The average Bonchev–Trinajstić information content (AvgIpc) is 2.48. The van der Waals surface area contributed by atoms with E-state index in [2.05, 4.69) is 68.1 Å². The lowest BCUT2D eigenvalue weighted by molar-refractivity contribution is -0.114. The zero-order valence-corrected chi connectivity index (χ0v) is 12.4. The van der Waals surface area contributed by atoms with E-state index in [1.54, 1.807) is 6.92 Å². The van der Waals surface area contributed by atoms with E-state index in [-0.39, 0.29) is 0 Å². The van der Waals surface area contributed by atoms with Gasteiger partial charge in [-0.1, -0.05) is 61.2 Å². The molecule has 0 atom stereocenters. The molecular weight excluding hydrogens is 258 g/mol. The minimum absolute atomic E-state index is 0.398. The van der Waals surface area contributed by atoms with Crippen LogP contribution in [0.4, 0.5) is 0 Å². The summed E-state index contributed by atoms with van der Waals surface area (Å²) in [5.74, 6) is -0.435. The summed E-state index contributed by atoms with van der Waals surface area (Å²) in [6, 6.07) is 19.4. The largest absolute Gasteiger partial charge is 0.366 e. The van der Waals surface area contributed by atoms with E-state index in [4.69, 9.17) is 5.73 Å². The summed E-state index contributed by atoms with van der Waals surface area (Å²) in [6.45, 7) is 7.03. The monoisotopic (exact) mass is 277 g/mol. The number of amides is 1. The van der Waals surface area contributed by atoms with Crippen LogP contribution in [-0.4, -0.2) is 5.91 Å². The number of benzene rings is 3. The maximum atomic E-state index is 9.82. The summed E-state index contributed by atoms with van der Waals surface area (Å²) in [6.07, 6.45) is 0. The molecule has 0 spiro atoms. The molecular formula is C19H19NO. The molecule has 0 bridgehead atoms. The number of rotatable bonds is 1. The highest BCUT2D eigenvalue weighted by molar-refractivity contribution is 6.08. The standard InChI is InChI=1S/C15H12.C4H7NO/c1-11-10-12-6-2-3-8-14(12)15-9-5-4-7-13(11)15;1-3(2)4(5)6/h2-10H,1H3;1H2,2H3,(H2,5,6). The van der Waals surface area contributed by atoms with E-state index in [0.29, 0.717) is 5.57 Å². The molecule has 106 valence electrons. The van der Waals surface area contributed by atoms with E-state index in [1.165, 1.54) is 27.1 Å². The summed E-state index contributed by atoms with van der Waals surface area (Å²) < 4.78 is 0. The third-order valence-corrected chi connectivity index (χ3v) is 3.40. The number of nitrogens with two attached hydrogens (primary N) is 1. The SMILES string of the molecule is C=C(C)C(N)=O.Cc1cc2ccccc2c2ccccc12. The lowest BCUT2D eigenvalue weighted by Crippen LogP contribution is -2.10. The summed E-state index contributed by atoms with van der Waals surface area (Å²) in [7, 11) is 0. The topological polar surface area (TPSA) is 43.1 Å². The number of hydrogen-bond donors (Lipinski definition) is 1. The molecule has 2 nitrogen and oxygen atoms in total. The Balaban J connectivity index is 0.000000232. The number of fused-ring (bicyclic) bond motifs is 3. The van der Waals surface area contributed by atoms with Crippen LogP contribution in [0.5, 0.6) is 0 Å². The van der Waals surface area contributed by atoms with Crippen molar-refractivity contribution in [1.82, 2.24) is 0 Å². The first kappa shape index (κ1) is 14.8. The van der Waals surface area contributed by atoms with Gasteiger partial charge in [-0.2, -0.15) is 0 Å². The van der Waals surface area contributed by atoms with Crippen molar-refractivity contribution < 1.29 is 4.79 Å². The van der Waals surface area contributed by atoms with Crippen LogP contribution in [0.2, 0.25) is 0 Å². The minimum atomic E-state index is -0.435. The molecule has 0 heterocycles. The van der Waals surface area contributed by atoms with Crippen LogP contribution < -0.4 is 5.73 Å². The van der Waals surface area contributed by atoms with Crippen molar-refractivity contribution in [3.63, 3.8) is 0 Å². The van der Waals surface area contributed by atoms with E-state index < -0.39 is 5.91 Å². The summed E-state index contributed by atoms with van der Waals surface area (Å²) in [5, 5.41) is 5.39. The van der Waals surface area contributed by atoms with Crippen molar-refractivity contribution >= 4 is 27.5 Å². The number of carbonyl (C=O) groups is 1. The van der Waals surface area contributed by atoms with Gasteiger partial charge in [0.1, 0.15) is 0 Å². The Morgan fingerprint density at radius 2 is 1.43 bits per heavy atom. The van der Waals surface area contributed by atoms with Crippen LogP contribution >= 0.6 is 0 Å². The first-order valence-corrected chi connectivity index (χ1v) is 6.83. The molecule has 0 unspecified atom stereocenters. The van der Waals surface area contributed by atoms with Crippen molar-refractivity contribution in [3.05, 3.63) is 72.3 Å². The van der Waals surface area contributed by atoms with Gasteiger partial charge in [0.25, 0.3) is 0 Å². The lowest BCUT2D eigenvalue weighted by Gasteiger charge is -2.06. The Morgan fingerprint density at radius 1 is 0.952 bits per heavy atom. The Morgan fingerprint density at radius 3 is 2.00 bits per heavy atom. The number of carbonyl (C=O) groups excluding carboxylic acids is 1. The van der Waals surface area contributed by atoms with Gasteiger partial charge >= 0.3 is 0 Å². The molecule has 3 aromatic carbocycles. The molecule has 2 heteroatoms. The Labute approximate surface area is 124 Å². The normalized spacial score (nSPS) is 10.0. The molecule has 0 aliphatic heterocycles. The zero-order valence-electron chi connectivity index (χ0n) is 12.4. The van der Waals surface area contributed by atoms with Gasteiger partial charge in [-0.25, -0.2) is 0 Å². The maximum Gasteiger partial charge on any atom is 0.243 e. The van der Waals surface area contributed by atoms with E-state index in [9.17, 15) is 4.79 Å². The molecule has 3 rings (SSSR count). The molecule has 3 aromatic rings. The average molecular weight is 277 g/mol. The minimum Gasteiger partial charge on any atom is -0.366 e. The highest BCUT2D eigenvalue weighted by Crippen LogP contribution is 2.27.